The summed E-state index contributed by atoms with van der Waals surface area (Å²) >= 11 is 7.98. The summed E-state index contributed by atoms with van der Waals surface area (Å²) in [6, 6.07) is 16.4. The van der Waals surface area contributed by atoms with E-state index in [2.05, 4.69) is 36.1 Å². The third-order valence-corrected chi connectivity index (χ3v) is 11.3. The van der Waals surface area contributed by atoms with Crippen LogP contribution in [0.3, 0.4) is 0 Å². The van der Waals surface area contributed by atoms with Gasteiger partial charge in [-0.3, -0.25) is 9.58 Å². The smallest absolute Gasteiger partial charge is 0.339 e. The molecule has 5 aromatic rings. The molecule has 3 aromatic carbocycles. The standard InChI is InChI=1S/C39H45ClN4O4S/c1-8-47-37(45)34(48-38(3,4)5)31-23(2)19-29-35(32(31)24-9-12-27(40)13-10-24)49-36(41-29)26-11-14-30-28(20-26)33(42-43(30)7)25-15-17-44(18-16-25)39(6)21-46-22-39/h9-14,19-20,25,34H,8,15-18,21-22H2,1-7H3/t34-/m0/s1. The van der Waals surface area contributed by atoms with E-state index in [4.69, 9.17) is 35.9 Å². The molecule has 0 radical (unpaired) electrons. The van der Waals surface area contributed by atoms with Gasteiger partial charge in [0.2, 0.25) is 0 Å². The van der Waals surface area contributed by atoms with Crippen molar-refractivity contribution in [1.29, 1.82) is 0 Å². The van der Waals surface area contributed by atoms with Gasteiger partial charge in [-0.25, -0.2) is 9.78 Å². The van der Waals surface area contributed by atoms with E-state index in [-0.39, 0.29) is 12.1 Å². The van der Waals surface area contributed by atoms with Gasteiger partial charge in [0, 0.05) is 40.1 Å². The normalized spacial score (nSPS) is 17.8. The number of esters is 1. The SMILES string of the molecule is CCOC(=O)[C@@H](OC(C)(C)C)c1c(C)cc2nc(-c3ccc4c(c3)c(C3CCN(C5(C)COC5)CC3)nn4C)sc2c1-c1ccc(Cl)cc1. The van der Waals surface area contributed by atoms with E-state index in [0.29, 0.717) is 10.9 Å². The van der Waals surface area contributed by atoms with Crippen LogP contribution in [-0.4, -0.2) is 69.7 Å². The molecule has 0 N–H and O–H groups in total. The van der Waals surface area contributed by atoms with E-state index in [1.165, 1.54) is 11.1 Å². The largest absolute Gasteiger partial charge is 0.464 e. The second-order valence-electron chi connectivity index (χ2n) is 14.7. The van der Waals surface area contributed by atoms with E-state index in [9.17, 15) is 4.79 Å². The van der Waals surface area contributed by atoms with Crippen molar-refractivity contribution in [1.82, 2.24) is 19.7 Å². The lowest BCUT2D eigenvalue weighted by atomic mass is 9.87. The number of fused-ring (bicyclic) bond motifs is 2. The molecule has 0 unspecified atom stereocenters. The Hall–Kier alpha value is -3.34. The van der Waals surface area contributed by atoms with E-state index in [1.54, 1.807) is 11.3 Å². The Labute approximate surface area is 297 Å². The molecule has 0 bridgehead atoms. The van der Waals surface area contributed by atoms with E-state index >= 15 is 0 Å². The molecule has 2 fully saturated rings. The summed E-state index contributed by atoms with van der Waals surface area (Å²) < 4.78 is 20.6. The molecule has 10 heteroatoms. The van der Waals surface area contributed by atoms with Gasteiger partial charge in [0.25, 0.3) is 0 Å². The second kappa shape index (κ2) is 13.1. The number of thiazole rings is 1. The number of carbonyl (C=O) groups excluding carboxylic acids is 1. The highest BCUT2D eigenvalue weighted by Gasteiger charge is 2.41. The van der Waals surface area contributed by atoms with Crippen molar-refractivity contribution in [2.75, 3.05) is 32.9 Å². The monoisotopic (exact) mass is 700 g/mol. The summed E-state index contributed by atoms with van der Waals surface area (Å²) in [5.41, 5.74) is 7.36. The number of nitrogens with zero attached hydrogens (tertiary/aromatic N) is 4. The molecule has 49 heavy (non-hydrogen) atoms. The first kappa shape index (κ1) is 34.1. The molecule has 0 amide bonds. The number of likely N-dealkylation sites (tertiary alicyclic amines) is 1. The Morgan fingerprint density at radius 3 is 2.43 bits per heavy atom. The van der Waals surface area contributed by atoms with Gasteiger partial charge in [-0.1, -0.05) is 23.7 Å². The van der Waals surface area contributed by atoms with Crippen LogP contribution in [0.1, 0.15) is 76.3 Å². The second-order valence-corrected chi connectivity index (χ2v) is 16.1. The zero-order valence-corrected chi connectivity index (χ0v) is 31.0. The summed E-state index contributed by atoms with van der Waals surface area (Å²) in [5.74, 6) is -0.00477. The van der Waals surface area contributed by atoms with Crippen LogP contribution in [0.4, 0.5) is 0 Å². The van der Waals surface area contributed by atoms with Gasteiger partial charge in [0.05, 0.1) is 52.4 Å². The van der Waals surface area contributed by atoms with Crippen LogP contribution in [-0.2, 0) is 26.1 Å². The molecule has 0 aliphatic carbocycles. The third-order valence-electron chi connectivity index (χ3n) is 9.89. The number of hydrogen-bond acceptors (Lipinski definition) is 8. The lowest BCUT2D eigenvalue weighted by molar-refractivity contribution is -0.166. The molecule has 0 spiro atoms. The summed E-state index contributed by atoms with van der Waals surface area (Å²) in [6.45, 7) is 16.0. The van der Waals surface area contributed by atoms with Crippen molar-refractivity contribution in [3.05, 3.63) is 70.4 Å². The Bertz CT molecular complexity index is 2020. The van der Waals surface area contributed by atoms with Gasteiger partial charge in [0.15, 0.2) is 6.10 Å². The number of carbonyl (C=O) groups is 1. The summed E-state index contributed by atoms with van der Waals surface area (Å²) in [6.07, 6.45) is 1.25. The number of rotatable bonds is 8. The maximum Gasteiger partial charge on any atom is 0.339 e. The molecule has 2 aliphatic rings. The molecule has 8 nitrogen and oxygen atoms in total. The molecule has 2 saturated heterocycles. The fraction of sp³-hybridized carbons (Fsp3) is 0.462. The number of ether oxygens (including phenoxy) is 3. The van der Waals surface area contributed by atoms with E-state index in [1.807, 2.05) is 70.6 Å². The number of halogens is 1. The van der Waals surface area contributed by atoms with Crippen LogP contribution >= 0.6 is 22.9 Å². The first-order valence-electron chi connectivity index (χ1n) is 17.2. The highest BCUT2D eigenvalue weighted by Crippen LogP contribution is 2.45. The molecular weight excluding hydrogens is 656 g/mol. The highest BCUT2D eigenvalue weighted by atomic mass is 35.5. The van der Waals surface area contributed by atoms with Crippen LogP contribution < -0.4 is 0 Å². The minimum absolute atomic E-state index is 0.176. The van der Waals surface area contributed by atoms with Crippen LogP contribution in [0.15, 0.2) is 48.5 Å². The number of piperidine rings is 1. The number of hydrogen-bond donors (Lipinski definition) is 0. The Morgan fingerprint density at radius 1 is 1.10 bits per heavy atom. The quantitative estimate of drug-likeness (QED) is 0.150. The maximum absolute atomic E-state index is 13.6. The predicted octanol–water partition coefficient (Wildman–Crippen LogP) is 8.87. The maximum atomic E-state index is 13.6. The molecule has 1 atom stereocenters. The average molecular weight is 701 g/mol. The first-order chi connectivity index (χ1) is 23.3. The Kier molecular flexibility index (Phi) is 9.11. The van der Waals surface area contributed by atoms with Crippen molar-refractivity contribution in [3.63, 3.8) is 0 Å². The molecular formula is C39H45ClN4O4S. The number of aryl methyl sites for hydroxylation is 2. The Morgan fingerprint density at radius 2 is 1.80 bits per heavy atom. The van der Waals surface area contributed by atoms with Gasteiger partial charge in [-0.05, 0) is 115 Å². The summed E-state index contributed by atoms with van der Waals surface area (Å²) in [4.78, 5) is 21.3. The molecule has 0 saturated carbocycles. The first-order valence-corrected chi connectivity index (χ1v) is 18.4. The van der Waals surface area contributed by atoms with Gasteiger partial charge in [0.1, 0.15) is 5.01 Å². The lowest BCUT2D eigenvalue weighted by Gasteiger charge is -2.49. The summed E-state index contributed by atoms with van der Waals surface area (Å²) in [7, 11) is 2.04. The van der Waals surface area contributed by atoms with Gasteiger partial charge in [-0.15, -0.1) is 11.3 Å². The van der Waals surface area contributed by atoms with Crippen molar-refractivity contribution >= 4 is 50.0 Å². The van der Waals surface area contributed by atoms with E-state index in [0.717, 1.165) is 87.7 Å². The van der Waals surface area contributed by atoms with E-state index < -0.39 is 17.7 Å². The fourth-order valence-electron chi connectivity index (χ4n) is 7.37. The van der Waals surface area contributed by atoms with Crippen molar-refractivity contribution in [2.45, 2.75) is 77.5 Å². The van der Waals surface area contributed by atoms with Crippen LogP contribution in [0.5, 0.6) is 0 Å². The molecule has 2 aliphatic heterocycles. The molecule has 258 valence electrons. The zero-order valence-electron chi connectivity index (χ0n) is 29.4. The minimum Gasteiger partial charge on any atom is -0.464 e. The van der Waals surface area contributed by atoms with Gasteiger partial charge in [-0.2, -0.15) is 5.10 Å². The topological polar surface area (TPSA) is 78.7 Å². The third kappa shape index (κ3) is 6.52. The number of aromatic nitrogens is 3. The zero-order chi connectivity index (χ0) is 34.7. The molecule has 2 aromatic heterocycles. The number of benzene rings is 3. The van der Waals surface area contributed by atoms with Gasteiger partial charge >= 0.3 is 5.97 Å². The van der Waals surface area contributed by atoms with Crippen molar-refractivity contribution < 1.29 is 19.0 Å². The van der Waals surface area contributed by atoms with Crippen LogP contribution in [0.2, 0.25) is 5.02 Å². The van der Waals surface area contributed by atoms with Crippen molar-refractivity contribution in [3.8, 4) is 21.7 Å². The fourth-order valence-corrected chi connectivity index (χ4v) is 8.62. The average Bonchev–Trinajstić information content (AvgIpc) is 3.62. The molecule has 4 heterocycles. The highest BCUT2D eigenvalue weighted by molar-refractivity contribution is 7.22. The van der Waals surface area contributed by atoms with Crippen LogP contribution in [0, 0.1) is 6.92 Å². The van der Waals surface area contributed by atoms with Crippen LogP contribution in [0.25, 0.3) is 42.8 Å². The predicted molar refractivity (Wildman–Crippen MR) is 197 cm³/mol. The minimum atomic E-state index is -0.916. The van der Waals surface area contributed by atoms with Gasteiger partial charge < -0.3 is 14.2 Å². The Balaban J connectivity index is 1.33. The summed E-state index contributed by atoms with van der Waals surface area (Å²) in [5, 5.41) is 7.81. The molecule has 7 rings (SSSR count). The lowest BCUT2D eigenvalue weighted by Crippen LogP contribution is -2.61. The van der Waals surface area contributed by atoms with Crippen molar-refractivity contribution in [2.24, 2.45) is 7.05 Å².